The number of unbranched alkanes of at least 4 members (excludes halogenated alkanes) is 43. The van der Waals surface area contributed by atoms with Crippen LogP contribution in [0.1, 0.15) is 388 Å². The molecule has 17 nitrogen and oxygen atoms in total. The van der Waals surface area contributed by atoms with Crippen molar-refractivity contribution in [2.24, 2.45) is 11.8 Å². The van der Waals surface area contributed by atoms with E-state index >= 15 is 0 Å². The van der Waals surface area contributed by atoms with Gasteiger partial charge >= 0.3 is 39.5 Å². The molecular formula is C75H146O17P2. The molecule has 19 heteroatoms. The van der Waals surface area contributed by atoms with E-state index in [1.807, 2.05) is 0 Å². The molecule has 0 aromatic rings. The van der Waals surface area contributed by atoms with Crippen LogP contribution in [0.25, 0.3) is 0 Å². The summed E-state index contributed by atoms with van der Waals surface area (Å²) in [6.45, 7) is 9.53. The summed E-state index contributed by atoms with van der Waals surface area (Å²) < 4.78 is 68.4. The molecule has 0 saturated heterocycles. The number of rotatable bonds is 74. The van der Waals surface area contributed by atoms with Gasteiger partial charge in [-0.2, -0.15) is 0 Å². The Labute approximate surface area is 575 Å². The number of ether oxygens (including phenoxy) is 4. The maximum absolute atomic E-state index is 13.1. The van der Waals surface area contributed by atoms with Gasteiger partial charge < -0.3 is 33.8 Å². The molecule has 0 amide bonds. The molecule has 3 unspecified atom stereocenters. The predicted octanol–water partition coefficient (Wildman–Crippen LogP) is 21.9. The van der Waals surface area contributed by atoms with Gasteiger partial charge in [-0.3, -0.25) is 37.3 Å². The highest BCUT2D eigenvalue weighted by Gasteiger charge is 2.30. The second kappa shape index (κ2) is 66.9. The summed E-state index contributed by atoms with van der Waals surface area (Å²) in [6, 6.07) is 0. The van der Waals surface area contributed by atoms with E-state index < -0.39 is 97.5 Å². The van der Waals surface area contributed by atoms with Gasteiger partial charge in [-0.05, 0) is 37.5 Å². The molecule has 0 saturated carbocycles. The highest BCUT2D eigenvalue weighted by molar-refractivity contribution is 7.47. The largest absolute Gasteiger partial charge is 0.472 e. The topological polar surface area (TPSA) is 237 Å². The van der Waals surface area contributed by atoms with Crippen LogP contribution in [0.15, 0.2) is 0 Å². The lowest BCUT2D eigenvalue weighted by atomic mass is 10.00. The maximum Gasteiger partial charge on any atom is 0.472 e. The number of hydrogen-bond donors (Lipinski definition) is 3. The van der Waals surface area contributed by atoms with Crippen molar-refractivity contribution in [2.45, 2.75) is 407 Å². The number of carbonyl (C=O) groups excluding carboxylic acids is 4. The molecule has 0 radical (unpaired) electrons. The average molecular weight is 1380 g/mol. The van der Waals surface area contributed by atoms with Crippen molar-refractivity contribution in [2.75, 3.05) is 39.6 Å². The van der Waals surface area contributed by atoms with Crippen LogP contribution < -0.4 is 0 Å². The Hall–Kier alpha value is -1.94. The second-order valence-corrected chi connectivity index (χ2v) is 30.7. The Balaban J connectivity index is 5.19. The molecule has 0 aromatic carbocycles. The number of phosphoric ester groups is 2. The van der Waals surface area contributed by atoms with Crippen molar-refractivity contribution in [1.29, 1.82) is 0 Å². The van der Waals surface area contributed by atoms with E-state index in [1.165, 1.54) is 199 Å². The summed E-state index contributed by atoms with van der Waals surface area (Å²) >= 11 is 0. The number of hydrogen-bond acceptors (Lipinski definition) is 15. The van der Waals surface area contributed by atoms with Crippen molar-refractivity contribution in [1.82, 2.24) is 0 Å². The Morgan fingerprint density at radius 3 is 0.809 bits per heavy atom. The lowest BCUT2D eigenvalue weighted by molar-refractivity contribution is -0.161. The Bertz CT molecular complexity index is 1820. The maximum atomic E-state index is 13.1. The zero-order valence-electron chi connectivity index (χ0n) is 61.3. The van der Waals surface area contributed by atoms with E-state index in [0.717, 1.165) is 108 Å². The van der Waals surface area contributed by atoms with Crippen LogP contribution in [0.4, 0.5) is 0 Å². The molecule has 0 fully saturated rings. The van der Waals surface area contributed by atoms with Gasteiger partial charge in [-0.15, -0.1) is 0 Å². The van der Waals surface area contributed by atoms with Crippen molar-refractivity contribution in [3.8, 4) is 0 Å². The van der Waals surface area contributed by atoms with Gasteiger partial charge in [-0.25, -0.2) is 9.13 Å². The SMILES string of the molecule is CCCCCCCCCCCCCCCCCCCCCC(=O)O[C@H](COC(=O)CCCCCCCCCCCCCCCCC(C)C)COP(=O)(O)OC[C@@H](O)COP(=O)(O)OC[C@@H](COC(=O)CCCCCCCCCC)OC(=O)CCCCCCCCC(C)CC. The lowest BCUT2D eigenvalue weighted by Crippen LogP contribution is -2.30. The fourth-order valence-corrected chi connectivity index (χ4v) is 13.0. The van der Waals surface area contributed by atoms with Crippen molar-refractivity contribution in [3.63, 3.8) is 0 Å². The van der Waals surface area contributed by atoms with Gasteiger partial charge in [-0.1, -0.05) is 337 Å². The highest BCUT2D eigenvalue weighted by Crippen LogP contribution is 2.45. The minimum atomic E-state index is -4.96. The first-order chi connectivity index (χ1) is 45.4. The van der Waals surface area contributed by atoms with Gasteiger partial charge in [0, 0.05) is 25.7 Å². The Kier molecular flexibility index (Phi) is 65.5. The average Bonchev–Trinajstić information content (AvgIpc) is 1.24. The number of aliphatic hydroxyl groups is 1. The third-order valence-electron chi connectivity index (χ3n) is 17.8. The van der Waals surface area contributed by atoms with E-state index in [0.29, 0.717) is 25.7 Å². The third kappa shape index (κ3) is 67.3. The van der Waals surface area contributed by atoms with Gasteiger partial charge in [0.1, 0.15) is 19.3 Å². The van der Waals surface area contributed by atoms with E-state index in [2.05, 4.69) is 41.5 Å². The van der Waals surface area contributed by atoms with Gasteiger partial charge in [0.2, 0.25) is 0 Å². The zero-order chi connectivity index (χ0) is 69.3. The number of phosphoric acid groups is 2. The highest BCUT2D eigenvalue weighted by atomic mass is 31.2. The van der Waals surface area contributed by atoms with Crippen LogP contribution in [-0.2, 0) is 65.4 Å². The van der Waals surface area contributed by atoms with Crippen molar-refractivity contribution in [3.05, 3.63) is 0 Å². The van der Waals surface area contributed by atoms with Crippen molar-refractivity contribution < 1.29 is 80.2 Å². The molecule has 0 bridgehead atoms. The van der Waals surface area contributed by atoms with E-state index in [4.69, 9.17) is 37.0 Å². The van der Waals surface area contributed by atoms with Crippen LogP contribution in [0, 0.1) is 11.8 Å². The molecule has 0 aliphatic heterocycles. The predicted molar refractivity (Wildman–Crippen MR) is 381 cm³/mol. The van der Waals surface area contributed by atoms with Gasteiger partial charge in [0.15, 0.2) is 12.2 Å². The minimum Gasteiger partial charge on any atom is -0.462 e. The standard InChI is InChI=1S/C75H146O17P2/c1-7-10-12-14-16-18-19-20-21-22-23-24-25-30-33-36-40-47-53-59-74(79)91-70(63-86-73(78)58-52-46-39-35-32-29-27-26-28-31-34-37-43-49-55-67(4)5)65-89-93(81,82)87-61-69(76)62-88-94(83,84)90-66-71(64-85-72(77)57-51-45-38-17-15-13-11-8-2)92-75(80)60-54-48-42-41-44-50-56-68(6)9-3/h67-71,76H,7-66H2,1-6H3,(H,81,82)(H,83,84)/t68?,69-,70-,71-/m1/s1. The zero-order valence-corrected chi connectivity index (χ0v) is 63.1. The van der Waals surface area contributed by atoms with E-state index in [9.17, 15) is 43.2 Å². The van der Waals surface area contributed by atoms with Crippen LogP contribution in [-0.4, -0.2) is 96.7 Å². The summed E-state index contributed by atoms with van der Waals surface area (Å²) in [5, 5.41) is 10.6. The molecule has 0 aliphatic rings. The quantitative estimate of drug-likeness (QED) is 0.0222. The van der Waals surface area contributed by atoms with Gasteiger partial charge in [0.05, 0.1) is 26.4 Å². The summed E-state index contributed by atoms with van der Waals surface area (Å²) in [6.07, 6.45) is 54.3. The first-order valence-corrected chi connectivity index (χ1v) is 42.0. The van der Waals surface area contributed by atoms with E-state index in [1.54, 1.807) is 0 Å². The molecule has 0 aromatic heterocycles. The first-order valence-electron chi connectivity index (χ1n) is 39.0. The number of carbonyl (C=O) groups is 4. The first kappa shape index (κ1) is 92.1. The molecule has 0 heterocycles. The minimum absolute atomic E-state index is 0.103. The van der Waals surface area contributed by atoms with Crippen LogP contribution in [0.5, 0.6) is 0 Å². The molecule has 0 spiro atoms. The molecule has 558 valence electrons. The lowest BCUT2D eigenvalue weighted by Gasteiger charge is -2.21. The number of esters is 4. The molecule has 94 heavy (non-hydrogen) atoms. The Morgan fingerprint density at radius 1 is 0.309 bits per heavy atom. The monoisotopic (exact) mass is 1380 g/mol. The number of aliphatic hydroxyl groups excluding tert-OH is 1. The summed E-state index contributed by atoms with van der Waals surface area (Å²) in [5.41, 5.74) is 0. The fraction of sp³-hybridized carbons (Fsp3) is 0.947. The summed E-state index contributed by atoms with van der Waals surface area (Å²) in [5.74, 6) is -0.603. The van der Waals surface area contributed by atoms with Crippen LogP contribution in [0.3, 0.4) is 0 Å². The molecule has 0 aliphatic carbocycles. The second-order valence-electron chi connectivity index (χ2n) is 27.8. The molecular weight excluding hydrogens is 1230 g/mol. The fourth-order valence-electron chi connectivity index (χ4n) is 11.4. The van der Waals surface area contributed by atoms with Crippen molar-refractivity contribution >= 4 is 39.5 Å². The van der Waals surface area contributed by atoms with E-state index in [-0.39, 0.29) is 25.7 Å². The molecule has 3 N–H and O–H groups in total. The van der Waals surface area contributed by atoms with Gasteiger partial charge in [0.25, 0.3) is 0 Å². The van der Waals surface area contributed by atoms with Crippen LogP contribution >= 0.6 is 15.6 Å². The third-order valence-corrected chi connectivity index (χ3v) is 19.7. The normalized spacial score (nSPS) is 14.3. The Morgan fingerprint density at radius 2 is 0.543 bits per heavy atom. The molecule has 6 atom stereocenters. The summed E-state index contributed by atoms with van der Waals surface area (Å²) in [7, 11) is -9.90. The van der Waals surface area contributed by atoms with Crippen LogP contribution in [0.2, 0.25) is 0 Å². The molecule has 0 rings (SSSR count). The smallest absolute Gasteiger partial charge is 0.462 e. The summed E-state index contributed by atoms with van der Waals surface area (Å²) in [4.78, 5) is 72.6.